The molecule has 0 atom stereocenters. The van der Waals surface area contributed by atoms with Gasteiger partial charge in [-0.15, -0.1) is 11.3 Å². The average Bonchev–Trinajstić information content (AvgIpc) is 3.01. The second kappa shape index (κ2) is 8.65. The third-order valence-corrected chi connectivity index (χ3v) is 5.70. The largest absolute Gasteiger partial charge is 0.456 e. The number of hydrogen-bond donors (Lipinski definition) is 2. The van der Waals surface area contributed by atoms with E-state index in [0.717, 1.165) is 36.1 Å². The molecule has 1 aliphatic carbocycles. The topological polar surface area (TPSA) is 101 Å². The number of amides is 1. The Morgan fingerprint density at radius 2 is 2.07 bits per heavy atom. The molecule has 146 valence electrons. The molecule has 0 bridgehead atoms. The van der Waals surface area contributed by atoms with Crippen LogP contribution in [-0.4, -0.2) is 35.0 Å². The van der Waals surface area contributed by atoms with Gasteiger partial charge in [-0.2, -0.15) is 0 Å². The number of fused-ring (bicyclic) bond motifs is 3. The molecule has 2 aromatic rings. The van der Waals surface area contributed by atoms with Crippen molar-refractivity contribution in [2.24, 2.45) is 5.92 Å². The molecule has 8 heteroatoms. The van der Waals surface area contributed by atoms with Crippen LogP contribution in [0.15, 0.2) is 4.79 Å². The van der Waals surface area contributed by atoms with Crippen molar-refractivity contribution in [2.75, 3.05) is 13.2 Å². The van der Waals surface area contributed by atoms with Crippen LogP contribution in [0.2, 0.25) is 0 Å². The zero-order valence-electron chi connectivity index (χ0n) is 15.7. The third-order valence-electron chi connectivity index (χ3n) is 4.51. The molecule has 2 aromatic heterocycles. The molecule has 0 saturated carbocycles. The van der Waals surface area contributed by atoms with Crippen molar-refractivity contribution in [2.45, 2.75) is 52.4 Å². The summed E-state index contributed by atoms with van der Waals surface area (Å²) in [7, 11) is 0. The first-order valence-electron chi connectivity index (χ1n) is 9.39. The smallest absolute Gasteiger partial charge is 0.306 e. The highest BCUT2D eigenvalue weighted by molar-refractivity contribution is 7.18. The number of nitrogens with one attached hydrogen (secondary N) is 2. The van der Waals surface area contributed by atoms with Gasteiger partial charge in [-0.1, -0.05) is 13.8 Å². The summed E-state index contributed by atoms with van der Waals surface area (Å²) in [6, 6.07) is 0. The van der Waals surface area contributed by atoms with Crippen LogP contribution >= 0.6 is 11.3 Å². The van der Waals surface area contributed by atoms with E-state index < -0.39 is 5.97 Å². The molecule has 1 amide bonds. The monoisotopic (exact) mass is 391 g/mol. The molecule has 0 saturated heterocycles. The van der Waals surface area contributed by atoms with E-state index in [-0.39, 0.29) is 30.9 Å². The Kier molecular flexibility index (Phi) is 6.26. The van der Waals surface area contributed by atoms with Crippen LogP contribution < -0.4 is 10.9 Å². The first kappa shape index (κ1) is 19.5. The predicted octanol–water partition coefficient (Wildman–Crippen LogP) is 2.11. The van der Waals surface area contributed by atoms with Crippen molar-refractivity contribution in [1.29, 1.82) is 0 Å². The molecule has 0 spiro atoms. The van der Waals surface area contributed by atoms with E-state index in [1.807, 2.05) is 13.8 Å². The van der Waals surface area contributed by atoms with Gasteiger partial charge < -0.3 is 15.0 Å². The summed E-state index contributed by atoms with van der Waals surface area (Å²) in [5.74, 6) is 0.0229. The fourth-order valence-corrected chi connectivity index (χ4v) is 4.42. The Hall–Kier alpha value is -2.22. The van der Waals surface area contributed by atoms with E-state index in [9.17, 15) is 14.4 Å². The molecule has 7 nitrogen and oxygen atoms in total. The second-order valence-corrected chi connectivity index (χ2v) is 8.35. The Labute approximate surface area is 161 Å². The molecular weight excluding hydrogens is 366 g/mol. The van der Waals surface area contributed by atoms with Gasteiger partial charge in [-0.25, -0.2) is 4.98 Å². The number of rotatable bonds is 7. The van der Waals surface area contributed by atoms with Crippen molar-refractivity contribution in [1.82, 2.24) is 15.3 Å². The SMILES string of the molecule is CC(C)CNC(=O)COC(=O)CCc1nc2sc3c(c2c(=O)[nH]1)CCCC3. The Morgan fingerprint density at radius 3 is 2.85 bits per heavy atom. The number of H-pyrrole nitrogens is 1. The van der Waals surface area contributed by atoms with E-state index in [0.29, 0.717) is 23.7 Å². The van der Waals surface area contributed by atoms with Crippen LogP contribution in [-0.2, 0) is 33.6 Å². The zero-order chi connectivity index (χ0) is 19.4. The first-order chi connectivity index (χ1) is 12.9. The van der Waals surface area contributed by atoms with Crippen molar-refractivity contribution in [3.05, 3.63) is 26.6 Å². The van der Waals surface area contributed by atoms with E-state index in [4.69, 9.17) is 4.74 Å². The minimum Gasteiger partial charge on any atom is -0.456 e. The van der Waals surface area contributed by atoms with Crippen LogP contribution in [0.1, 0.15) is 49.4 Å². The summed E-state index contributed by atoms with van der Waals surface area (Å²) in [6.07, 6.45) is 4.55. The van der Waals surface area contributed by atoms with Gasteiger partial charge in [0.15, 0.2) is 6.61 Å². The quantitative estimate of drug-likeness (QED) is 0.704. The summed E-state index contributed by atoms with van der Waals surface area (Å²) in [6.45, 7) is 4.24. The van der Waals surface area contributed by atoms with Gasteiger partial charge in [0.1, 0.15) is 10.7 Å². The van der Waals surface area contributed by atoms with Crippen LogP contribution in [0.25, 0.3) is 10.2 Å². The van der Waals surface area contributed by atoms with Crippen LogP contribution in [0, 0.1) is 5.92 Å². The fraction of sp³-hybridized carbons (Fsp3) is 0.579. The molecule has 2 heterocycles. The lowest BCUT2D eigenvalue weighted by molar-refractivity contribution is -0.148. The minimum atomic E-state index is -0.483. The van der Waals surface area contributed by atoms with Crippen molar-refractivity contribution in [3.8, 4) is 0 Å². The lowest BCUT2D eigenvalue weighted by atomic mass is 9.97. The highest BCUT2D eigenvalue weighted by Crippen LogP contribution is 2.33. The lowest BCUT2D eigenvalue weighted by Crippen LogP contribution is -2.31. The molecule has 0 unspecified atom stereocenters. The van der Waals surface area contributed by atoms with Gasteiger partial charge in [0.2, 0.25) is 0 Å². The number of thiophene rings is 1. The van der Waals surface area contributed by atoms with E-state index in [1.54, 1.807) is 11.3 Å². The molecule has 1 aliphatic rings. The van der Waals surface area contributed by atoms with Gasteiger partial charge in [0.25, 0.3) is 11.5 Å². The Morgan fingerprint density at radius 1 is 1.30 bits per heavy atom. The second-order valence-electron chi connectivity index (χ2n) is 7.26. The average molecular weight is 391 g/mol. The number of aromatic amines is 1. The van der Waals surface area contributed by atoms with Crippen molar-refractivity contribution < 1.29 is 14.3 Å². The van der Waals surface area contributed by atoms with Crippen molar-refractivity contribution in [3.63, 3.8) is 0 Å². The summed E-state index contributed by atoms with van der Waals surface area (Å²) in [5, 5.41) is 3.40. The van der Waals surface area contributed by atoms with E-state index in [1.165, 1.54) is 4.88 Å². The third kappa shape index (κ3) is 4.94. The summed E-state index contributed by atoms with van der Waals surface area (Å²) in [5.41, 5.74) is 1.02. The van der Waals surface area contributed by atoms with Gasteiger partial charge >= 0.3 is 5.97 Å². The Balaban J connectivity index is 1.56. The summed E-state index contributed by atoms with van der Waals surface area (Å²) >= 11 is 1.58. The van der Waals surface area contributed by atoms with Crippen LogP contribution in [0.5, 0.6) is 0 Å². The molecule has 27 heavy (non-hydrogen) atoms. The molecule has 0 fully saturated rings. The van der Waals surface area contributed by atoms with E-state index in [2.05, 4.69) is 15.3 Å². The fourth-order valence-electron chi connectivity index (χ4n) is 3.13. The summed E-state index contributed by atoms with van der Waals surface area (Å²) in [4.78, 5) is 45.2. The predicted molar refractivity (Wildman–Crippen MR) is 104 cm³/mol. The van der Waals surface area contributed by atoms with E-state index >= 15 is 0 Å². The van der Waals surface area contributed by atoms with Crippen LogP contribution in [0.3, 0.4) is 0 Å². The summed E-state index contributed by atoms with van der Waals surface area (Å²) < 4.78 is 4.97. The van der Waals surface area contributed by atoms with Gasteiger partial charge in [-0.05, 0) is 37.2 Å². The highest BCUT2D eigenvalue weighted by atomic mass is 32.1. The number of hydrogen-bond acceptors (Lipinski definition) is 6. The molecule has 0 aliphatic heterocycles. The Bertz CT molecular complexity index is 900. The maximum atomic E-state index is 12.5. The molecular formula is C19H25N3O4S. The molecule has 2 N–H and O–H groups in total. The van der Waals surface area contributed by atoms with Crippen molar-refractivity contribution >= 4 is 33.4 Å². The number of aromatic nitrogens is 2. The number of esters is 1. The van der Waals surface area contributed by atoms with Crippen LogP contribution in [0.4, 0.5) is 0 Å². The maximum Gasteiger partial charge on any atom is 0.306 e. The number of nitrogens with zero attached hydrogens (tertiary/aromatic N) is 1. The van der Waals surface area contributed by atoms with Gasteiger partial charge in [0, 0.05) is 17.8 Å². The normalized spacial score (nSPS) is 13.6. The zero-order valence-corrected chi connectivity index (χ0v) is 16.5. The minimum absolute atomic E-state index is 0.0665. The number of ether oxygens (including phenoxy) is 1. The number of aryl methyl sites for hydroxylation is 3. The van der Waals surface area contributed by atoms with Gasteiger partial charge in [0.05, 0.1) is 11.8 Å². The first-order valence-corrected chi connectivity index (χ1v) is 10.2. The molecule has 0 radical (unpaired) electrons. The molecule has 3 rings (SSSR count). The number of carbonyl (C=O) groups is 2. The van der Waals surface area contributed by atoms with Gasteiger partial charge in [-0.3, -0.25) is 14.4 Å². The highest BCUT2D eigenvalue weighted by Gasteiger charge is 2.20. The standard InChI is InChI=1S/C19H25N3O4S/c1-11(2)9-20-15(23)10-26-16(24)8-7-14-21-18(25)17-12-5-3-4-6-13(12)27-19(17)22-14/h11H,3-10H2,1-2H3,(H,20,23)(H,21,22,25). The lowest BCUT2D eigenvalue weighted by Gasteiger charge is -2.09. The maximum absolute atomic E-state index is 12.5. The number of carbonyl (C=O) groups excluding carboxylic acids is 2. The molecule has 0 aromatic carbocycles.